The summed E-state index contributed by atoms with van der Waals surface area (Å²) >= 11 is 0. The van der Waals surface area contributed by atoms with Gasteiger partial charge in [0.1, 0.15) is 11.6 Å². The standard InChI is InChI=1S/C27H30FN5O4/c1-18(34)15-33(16-19(2)35)17-21-7-3-8-22(12-21)26(36)31-25-24(10-5-11-29-25)27(37)32-30-14-20-6-4-9-23(28)13-20/h3-14,18-19,34-35H,15-17H2,1-2H3,(H,32,37)(H,29,31,36). The number of carbonyl (C=O) groups is 2. The van der Waals surface area contributed by atoms with Crippen molar-refractivity contribution in [2.45, 2.75) is 32.6 Å². The van der Waals surface area contributed by atoms with Crippen molar-refractivity contribution in [2.75, 3.05) is 18.4 Å². The molecule has 9 nitrogen and oxygen atoms in total. The number of hydrazone groups is 1. The third kappa shape index (κ3) is 8.87. The number of amides is 2. The summed E-state index contributed by atoms with van der Waals surface area (Å²) in [5.41, 5.74) is 4.10. The zero-order chi connectivity index (χ0) is 26.8. The number of hydrogen-bond acceptors (Lipinski definition) is 7. The summed E-state index contributed by atoms with van der Waals surface area (Å²) < 4.78 is 13.3. The Hall–Kier alpha value is -3.99. The zero-order valence-electron chi connectivity index (χ0n) is 20.6. The number of nitrogens with one attached hydrogen (secondary N) is 2. The molecule has 1 aromatic heterocycles. The second-order valence-corrected chi connectivity index (χ2v) is 8.70. The number of aliphatic hydroxyl groups is 2. The fraction of sp³-hybridized carbons (Fsp3) is 0.259. The molecule has 0 saturated carbocycles. The molecule has 194 valence electrons. The van der Waals surface area contributed by atoms with Gasteiger partial charge in [-0.05, 0) is 61.4 Å². The Labute approximate surface area is 214 Å². The van der Waals surface area contributed by atoms with E-state index in [0.717, 1.165) is 5.56 Å². The summed E-state index contributed by atoms with van der Waals surface area (Å²) in [7, 11) is 0. The molecule has 2 atom stereocenters. The molecule has 2 aromatic carbocycles. The van der Waals surface area contributed by atoms with Gasteiger partial charge in [0, 0.05) is 31.4 Å². The lowest BCUT2D eigenvalue weighted by molar-refractivity contribution is 0.0793. The third-order valence-corrected chi connectivity index (χ3v) is 5.15. The number of nitrogens with zero attached hydrogens (tertiary/aromatic N) is 3. The second kappa shape index (κ2) is 13.4. The molecule has 3 aromatic rings. The Balaban J connectivity index is 1.69. The highest BCUT2D eigenvalue weighted by Gasteiger charge is 2.17. The molecule has 37 heavy (non-hydrogen) atoms. The average molecular weight is 508 g/mol. The molecule has 0 aliphatic heterocycles. The molecule has 0 spiro atoms. The molecule has 0 saturated heterocycles. The van der Waals surface area contributed by atoms with Gasteiger partial charge in [-0.25, -0.2) is 14.8 Å². The minimum Gasteiger partial charge on any atom is -0.392 e. The first-order chi connectivity index (χ1) is 17.7. The van der Waals surface area contributed by atoms with Crippen LogP contribution in [0.4, 0.5) is 10.2 Å². The van der Waals surface area contributed by atoms with E-state index in [1.807, 2.05) is 11.0 Å². The molecule has 0 aliphatic rings. The van der Waals surface area contributed by atoms with Gasteiger partial charge >= 0.3 is 0 Å². The largest absolute Gasteiger partial charge is 0.392 e. The SMILES string of the molecule is CC(O)CN(Cc1cccc(C(=O)Nc2ncccc2C(=O)NN=Cc2cccc(F)c2)c1)CC(C)O. The summed E-state index contributed by atoms with van der Waals surface area (Å²) in [6.45, 7) is 4.51. The highest BCUT2D eigenvalue weighted by Crippen LogP contribution is 2.15. The summed E-state index contributed by atoms with van der Waals surface area (Å²) in [5.74, 6) is -1.43. The van der Waals surface area contributed by atoms with Gasteiger partial charge in [-0.2, -0.15) is 5.10 Å². The molecule has 0 aliphatic carbocycles. The number of aromatic nitrogens is 1. The van der Waals surface area contributed by atoms with Crippen LogP contribution in [0.2, 0.25) is 0 Å². The highest BCUT2D eigenvalue weighted by atomic mass is 19.1. The Morgan fingerprint density at radius 3 is 2.46 bits per heavy atom. The van der Waals surface area contributed by atoms with Gasteiger partial charge < -0.3 is 15.5 Å². The van der Waals surface area contributed by atoms with E-state index >= 15 is 0 Å². The van der Waals surface area contributed by atoms with E-state index in [4.69, 9.17) is 0 Å². The number of pyridine rings is 1. The fourth-order valence-electron chi connectivity index (χ4n) is 3.70. The molecular weight excluding hydrogens is 477 g/mol. The smallest absolute Gasteiger partial charge is 0.275 e. The van der Waals surface area contributed by atoms with Crippen LogP contribution in [-0.2, 0) is 6.54 Å². The maximum atomic E-state index is 13.3. The molecule has 2 unspecified atom stereocenters. The van der Waals surface area contributed by atoms with Crippen LogP contribution in [0.25, 0.3) is 0 Å². The van der Waals surface area contributed by atoms with E-state index in [2.05, 4.69) is 20.8 Å². The van der Waals surface area contributed by atoms with Gasteiger partial charge in [-0.3, -0.25) is 14.5 Å². The molecule has 10 heteroatoms. The first-order valence-electron chi connectivity index (χ1n) is 11.7. The highest BCUT2D eigenvalue weighted by molar-refractivity contribution is 6.08. The maximum absolute atomic E-state index is 13.3. The number of carbonyl (C=O) groups excluding carboxylic acids is 2. The van der Waals surface area contributed by atoms with Gasteiger partial charge in [0.15, 0.2) is 0 Å². The van der Waals surface area contributed by atoms with Crippen molar-refractivity contribution < 1.29 is 24.2 Å². The predicted molar refractivity (Wildman–Crippen MR) is 139 cm³/mol. The second-order valence-electron chi connectivity index (χ2n) is 8.70. The minimum atomic E-state index is -0.600. The van der Waals surface area contributed by atoms with Crippen molar-refractivity contribution in [2.24, 2.45) is 5.10 Å². The average Bonchev–Trinajstić information content (AvgIpc) is 2.83. The van der Waals surface area contributed by atoms with Crippen molar-refractivity contribution in [1.29, 1.82) is 0 Å². The van der Waals surface area contributed by atoms with Crippen molar-refractivity contribution in [1.82, 2.24) is 15.3 Å². The Kier molecular flexibility index (Phi) is 9.96. The molecule has 4 N–H and O–H groups in total. The van der Waals surface area contributed by atoms with Crippen LogP contribution in [0.1, 0.15) is 45.7 Å². The van der Waals surface area contributed by atoms with Gasteiger partial charge in [0.25, 0.3) is 11.8 Å². The van der Waals surface area contributed by atoms with Crippen molar-refractivity contribution in [3.05, 3.63) is 94.9 Å². The monoisotopic (exact) mass is 507 g/mol. The molecule has 1 heterocycles. The van der Waals surface area contributed by atoms with Crippen LogP contribution in [0.3, 0.4) is 0 Å². The van der Waals surface area contributed by atoms with Gasteiger partial charge in [-0.1, -0.05) is 24.3 Å². The topological polar surface area (TPSA) is 127 Å². The lowest BCUT2D eigenvalue weighted by Crippen LogP contribution is -2.35. The predicted octanol–water partition coefficient (Wildman–Crippen LogP) is 2.80. The third-order valence-electron chi connectivity index (χ3n) is 5.15. The number of halogens is 1. The fourth-order valence-corrected chi connectivity index (χ4v) is 3.70. The first-order valence-corrected chi connectivity index (χ1v) is 11.7. The number of rotatable bonds is 11. The molecule has 3 rings (SSSR count). The van der Waals surface area contributed by atoms with E-state index in [9.17, 15) is 24.2 Å². The van der Waals surface area contributed by atoms with Crippen molar-refractivity contribution >= 4 is 23.8 Å². The van der Waals surface area contributed by atoms with E-state index in [0.29, 0.717) is 30.8 Å². The van der Waals surface area contributed by atoms with Crippen molar-refractivity contribution in [3.63, 3.8) is 0 Å². The quantitative estimate of drug-likeness (QED) is 0.234. The van der Waals surface area contributed by atoms with Gasteiger partial charge in [-0.15, -0.1) is 0 Å². The van der Waals surface area contributed by atoms with Crippen LogP contribution in [0.15, 0.2) is 72.0 Å². The summed E-state index contributed by atoms with van der Waals surface area (Å²) in [5, 5.41) is 26.0. The molecule has 0 radical (unpaired) electrons. The van der Waals surface area contributed by atoms with Crippen molar-refractivity contribution in [3.8, 4) is 0 Å². The number of hydrogen-bond donors (Lipinski definition) is 4. The normalized spacial score (nSPS) is 12.9. The molecular formula is C27H30FN5O4. The summed E-state index contributed by atoms with van der Waals surface area (Å²) in [6.07, 6.45) is 1.61. The molecule has 0 bridgehead atoms. The molecule has 2 amide bonds. The van der Waals surface area contributed by atoms with E-state index < -0.39 is 29.8 Å². The molecule has 0 fully saturated rings. The number of anilines is 1. The lowest BCUT2D eigenvalue weighted by Gasteiger charge is -2.25. The Bertz CT molecular complexity index is 1240. The van der Waals surface area contributed by atoms with E-state index in [-0.39, 0.29) is 11.4 Å². The maximum Gasteiger partial charge on any atom is 0.275 e. The van der Waals surface area contributed by atoms with Crippen LogP contribution < -0.4 is 10.7 Å². The van der Waals surface area contributed by atoms with Crippen LogP contribution in [-0.4, -0.2) is 63.4 Å². The van der Waals surface area contributed by atoms with Crippen LogP contribution in [0, 0.1) is 5.82 Å². The van der Waals surface area contributed by atoms with Gasteiger partial charge in [0.2, 0.25) is 0 Å². The van der Waals surface area contributed by atoms with Gasteiger partial charge in [0.05, 0.1) is 24.0 Å². The number of aliphatic hydroxyl groups excluding tert-OH is 2. The van der Waals surface area contributed by atoms with E-state index in [1.54, 1.807) is 44.2 Å². The first kappa shape index (κ1) is 27.6. The Morgan fingerprint density at radius 1 is 1.03 bits per heavy atom. The van der Waals surface area contributed by atoms with Crippen LogP contribution in [0.5, 0.6) is 0 Å². The number of benzene rings is 2. The minimum absolute atomic E-state index is 0.0567. The van der Waals surface area contributed by atoms with E-state index in [1.165, 1.54) is 36.7 Å². The zero-order valence-corrected chi connectivity index (χ0v) is 20.6. The summed E-state index contributed by atoms with van der Waals surface area (Å²) in [6, 6.07) is 15.7. The van der Waals surface area contributed by atoms with Crippen LogP contribution >= 0.6 is 0 Å². The summed E-state index contributed by atoms with van der Waals surface area (Å²) in [4.78, 5) is 31.6. The lowest BCUT2D eigenvalue weighted by atomic mass is 10.1. The Morgan fingerprint density at radius 2 is 1.76 bits per heavy atom.